The molecule has 0 aromatic carbocycles. The van der Waals surface area contributed by atoms with Gasteiger partial charge in [0.2, 0.25) is 0 Å². The van der Waals surface area contributed by atoms with E-state index in [4.69, 9.17) is 0 Å². The van der Waals surface area contributed by atoms with E-state index in [0.717, 1.165) is 12.8 Å². The third kappa shape index (κ3) is 4.79. The van der Waals surface area contributed by atoms with Gasteiger partial charge in [0, 0.05) is 17.9 Å². The van der Waals surface area contributed by atoms with Gasteiger partial charge in [-0.1, -0.05) is 30.6 Å². The summed E-state index contributed by atoms with van der Waals surface area (Å²) in [6.45, 7) is 0. The fourth-order valence-corrected chi connectivity index (χ4v) is 2.89. The highest BCUT2D eigenvalue weighted by Gasteiger charge is 2.13. The van der Waals surface area contributed by atoms with E-state index < -0.39 is 0 Å². The normalized spacial score (nSPS) is 21.0. The summed E-state index contributed by atoms with van der Waals surface area (Å²) in [6, 6.07) is 6.71. The molecule has 0 radical (unpaired) electrons. The Bertz CT molecular complexity index is 384. The van der Waals surface area contributed by atoms with E-state index in [2.05, 4.69) is 35.6 Å². The molecule has 2 rings (SSSR count). The predicted molar refractivity (Wildman–Crippen MR) is 81.2 cm³/mol. The summed E-state index contributed by atoms with van der Waals surface area (Å²) < 4.78 is 0. The Morgan fingerprint density at radius 1 is 1.21 bits per heavy atom. The van der Waals surface area contributed by atoms with E-state index in [9.17, 15) is 0 Å². The fourth-order valence-electron chi connectivity index (χ4n) is 2.89. The van der Waals surface area contributed by atoms with Crippen LogP contribution >= 0.6 is 0 Å². The van der Waals surface area contributed by atoms with Crippen LogP contribution in [0.3, 0.4) is 0 Å². The van der Waals surface area contributed by atoms with Crippen LogP contribution in [0.1, 0.15) is 50.6 Å². The number of hydrogen-bond donors (Lipinski definition) is 1. The highest BCUT2D eigenvalue weighted by molar-refractivity contribution is 5.13. The molecule has 0 amide bonds. The summed E-state index contributed by atoms with van der Waals surface area (Å²) in [5.41, 5.74) is 2.83. The van der Waals surface area contributed by atoms with Crippen molar-refractivity contribution in [2.75, 3.05) is 7.05 Å². The molecule has 0 spiro atoms. The third-order valence-electron chi connectivity index (χ3n) is 4.04. The Morgan fingerprint density at radius 2 is 2.11 bits per heavy atom. The van der Waals surface area contributed by atoms with Crippen LogP contribution in [0.25, 0.3) is 0 Å². The summed E-state index contributed by atoms with van der Waals surface area (Å²) in [6.07, 6.45) is 14.6. The lowest BCUT2D eigenvalue weighted by Gasteiger charge is -2.21. The standard InChI is InChI=1S/C17H26N2/c1-18-17(13-12-16-11-7-8-14-19-16)15-9-5-3-2-4-6-10-15/h7-9,11,14,17-18H,2-6,10,12-13H2,1H3/b15-9+. The van der Waals surface area contributed by atoms with Crippen LogP contribution in [0, 0.1) is 0 Å². The number of aryl methyl sites for hydroxylation is 1. The first-order valence-electron chi connectivity index (χ1n) is 7.66. The van der Waals surface area contributed by atoms with Gasteiger partial charge in [0.1, 0.15) is 0 Å². The minimum Gasteiger partial charge on any atom is -0.313 e. The van der Waals surface area contributed by atoms with Crippen LogP contribution in [0.15, 0.2) is 36.0 Å². The number of nitrogens with zero attached hydrogens (tertiary/aromatic N) is 1. The summed E-state index contributed by atoms with van der Waals surface area (Å²) in [5.74, 6) is 0. The lowest BCUT2D eigenvalue weighted by atomic mass is 9.92. The van der Waals surface area contributed by atoms with E-state index in [1.54, 1.807) is 5.57 Å². The van der Waals surface area contributed by atoms with Crippen molar-refractivity contribution in [1.29, 1.82) is 0 Å². The van der Waals surface area contributed by atoms with E-state index >= 15 is 0 Å². The topological polar surface area (TPSA) is 24.9 Å². The zero-order valence-electron chi connectivity index (χ0n) is 12.1. The summed E-state index contributed by atoms with van der Waals surface area (Å²) in [5, 5.41) is 3.49. The molecule has 104 valence electrons. The van der Waals surface area contributed by atoms with E-state index in [-0.39, 0.29) is 0 Å². The zero-order valence-corrected chi connectivity index (χ0v) is 12.1. The Labute approximate surface area is 117 Å². The van der Waals surface area contributed by atoms with Crippen molar-refractivity contribution >= 4 is 0 Å². The quantitative estimate of drug-likeness (QED) is 0.811. The number of hydrogen-bond acceptors (Lipinski definition) is 2. The minimum atomic E-state index is 0.528. The van der Waals surface area contributed by atoms with Crippen LogP contribution in [0.4, 0.5) is 0 Å². The minimum absolute atomic E-state index is 0.528. The second-order valence-corrected chi connectivity index (χ2v) is 5.43. The molecule has 2 nitrogen and oxygen atoms in total. The number of aromatic nitrogens is 1. The van der Waals surface area contributed by atoms with Crippen molar-refractivity contribution in [3.05, 3.63) is 41.7 Å². The first-order chi connectivity index (χ1) is 9.40. The maximum Gasteiger partial charge on any atom is 0.0404 e. The molecule has 1 unspecified atom stereocenters. The average molecular weight is 258 g/mol. The highest BCUT2D eigenvalue weighted by atomic mass is 14.9. The number of allylic oxidation sites excluding steroid dienone is 1. The van der Waals surface area contributed by atoms with Gasteiger partial charge < -0.3 is 5.32 Å². The second kappa shape index (κ2) is 8.11. The van der Waals surface area contributed by atoms with Crippen LogP contribution in [0.2, 0.25) is 0 Å². The Hall–Kier alpha value is -1.15. The Kier molecular flexibility index (Phi) is 6.09. The van der Waals surface area contributed by atoms with E-state index in [1.165, 1.54) is 44.2 Å². The molecule has 1 N–H and O–H groups in total. The molecule has 0 bridgehead atoms. The third-order valence-corrected chi connectivity index (χ3v) is 4.04. The van der Waals surface area contributed by atoms with Gasteiger partial charge in [0.05, 0.1) is 0 Å². The first-order valence-corrected chi connectivity index (χ1v) is 7.66. The molecule has 0 fully saturated rings. The largest absolute Gasteiger partial charge is 0.313 e. The zero-order chi connectivity index (χ0) is 13.3. The van der Waals surface area contributed by atoms with Crippen molar-refractivity contribution in [2.45, 2.75) is 57.4 Å². The molecule has 19 heavy (non-hydrogen) atoms. The molecular weight excluding hydrogens is 232 g/mol. The van der Waals surface area contributed by atoms with E-state index in [1.807, 2.05) is 12.3 Å². The summed E-state index contributed by atoms with van der Waals surface area (Å²) in [4.78, 5) is 4.42. The van der Waals surface area contributed by atoms with Gasteiger partial charge in [0.25, 0.3) is 0 Å². The van der Waals surface area contributed by atoms with Crippen molar-refractivity contribution in [2.24, 2.45) is 0 Å². The maximum absolute atomic E-state index is 4.42. The molecule has 1 aromatic rings. The molecular formula is C17H26N2. The van der Waals surface area contributed by atoms with Crippen molar-refractivity contribution in [1.82, 2.24) is 10.3 Å². The first kappa shape index (κ1) is 14.3. The van der Waals surface area contributed by atoms with Crippen LogP contribution in [-0.2, 0) is 6.42 Å². The molecule has 0 aliphatic heterocycles. The highest BCUT2D eigenvalue weighted by Crippen LogP contribution is 2.21. The van der Waals surface area contributed by atoms with Crippen LogP contribution in [0.5, 0.6) is 0 Å². The maximum atomic E-state index is 4.42. The van der Waals surface area contributed by atoms with Gasteiger partial charge in [-0.05, 0) is 57.7 Å². The molecule has 1 atom stereocenters. The van der Waals surface area contributed by atoms with Crippen LogP contribution < -0.4 is 5.32 Å². The monoisotopic (exact) mass is 258 g/mol. The lowest BCUT2D eigenvalue weighted by molar-refractivity contribution is 0.533. The number of pyridine rings is 1. The smallest absolute Gasteiger partial charge is 0.0404 e. The molecule has 1 heterocycles. The van der Waals surface area contributed by atoms with Gasteiger partial charge >= 0.3 is 0 Å². The van der Waals surface area contributed by atoms with Gasteiger partial charge in [-0.3, -0.25) is 4.98 Å². The van der Waals surface area contributed by atoms with Crippen molar-refractivity contribution in [3.63, 3.8) is 0 Å². The number of nitrogens with one attached hydrogen (secondary N) is 1. The average Bonchev–Trinajstić information content (AvgIpc) is 2.42. The number of likely N-dealkylation sites (N-methyl/N-ethyl adjacent to an activating group) is 1. The molecule has 1 aliphatic rings. The Balaban J connectivity index is 1.91. The molecule has 1 aromatic heterocycles. The van der Waals surface area contributed by atoms with Gasteiger partial charge in [-0.25, -0.2) is 0 Å². The van der Waals surface area contributed by atoms with Crippen molar-refractivity contribution in [3.8, 4) is 0 Å². The van der Waals surface area contributed by atoms with Gasteiger partial charge in [-0.2, -0.15) is 0 Å². The van der Waals surface area contributed by atoms with Crippen LogP contribution in [-0.4, -0.2) is 18.1 Å². The van der Waals surface area contributed by atoms with Gasteiger partial charge in [0.15, 0.2) is 0 Å². The summed E-state index contributed by atoms with van der Waals surface area (Å²) >= 11 is 0. The van der Waals surface area contributed by atoms with Crippen molar-refractivity contribution < 1.29 is 0 Å². The predicted octanol–water partition coefficient (Wildman–Crippen LogP) is 3.88. The summed E-state index contributed by atoms with van der Waals surface area (Å²) in [7, 11) is 2.09. The molecule has 1 aliphatic carbocycles. The molecule has 0 saturated heterocycles. The lowest BCUT2D eigenvalue weighted by Crippen LogP contribution is -2.28. The SMILES string of the molecule is CNC(CCc1ccccn1)/C1=C/CCCCCC1. The molecule has 2 heteroatoms. The van der Waals surface area contributed by atoms with E-state index in [0.29, 0.717) is 6.04 Å². The Morgan fingerprint density at radius 3 is 2.89 bits per heavy atom. The molecule has 0 saturated carbocycles. The van der Waals surface area contributed by atoms with Gasteiger partial charge in [-0.15, -0.1) is 0 Å². The number of rotatable bonds is 5. The second-order valence-electron chi connectivity index (χ2n) is 5.43. The fraction of sp³-hybridized carbons (Fsp3) is 0.588.